The van der Waals surface area contributed by atoms with Crippen LogP contribution in [0.1, 0.15) is 105 Å². The van der Waals surface area contributed by atoms with Gasteiger partial charge in [-0.2, -0.15) is 0 Å². The van der Waals surface area contributed by atoms with Crippen LogP contribution >= 0.6 is 0 Å². The molecule has 4 saturated carbocycles. The van der Waals surface area contributed by atoms with Gasteiger partial charge < -0.3 is 15.2 Å². The van der Waals surface area contributed by atoms with Crippen molar-refractivity contribution in [3.63, 3.8) is 0 Å². The van der Waals surface area contributed by atoms with Crippen molar-refractivity contribution in [2.75, 3.05) is 19.8 Å². The molecule has 0 radical (unpaired) electrons. The number of carbonyl (C=O) groups excluding carboxylic acids is 1. The molecule has 4 aliphatic rings. The molecule has 4 unspecified atom stereocenters. The molecule has 0 aromatic heterocycles. The van der Waals surface area contributed by atoms with E-state index in [4.69, 9.17) is 4.74 Å². The molecule has 33 heavy (non-hydrogen) atoms. The Morgan fingerprint density at radius 1 is 1.06 bits per heavy atom. The number of rotatable bonds is 9. The van der Waals surface area contributed by atoms with Gasteiger partial charge in [-0.25, -0.2) is 0 Å². The summed E-state index contributed by atoms with van der Waals surface area (Å²) in [5.74, 6) is 4.96. The molecular weight excluding hydrogens is 410 g/mol. The first-order valence-electron chi connectivity index (χ1n) is 14.3. The number of hydrogen-bond donors (Lipinski definition) is 2. The first kappa shape index (κ1) is 25.5. The fourth-order valence-electron chi connectivity index (χ4n) is 9.52. The molecule has 0 aliphatic heterocycles. The van der Waals surface area contributed by atoms with Gasteiger partial charge in [0.2, 0.25) is 0 Å². The number of esters is 1. The Balaban J connectivity index is 1.38. The molecule has 4 aliphatic carbocycles. The summed E-state index contributed by atoms with van der Waals surface area (Å²) in [6.45, 7) is 11.3. The molecule has 0 saturated heterocycles. The number of carbonyl (C=O) groups is 1. The average molecular weight is 462 g/mol. The summed E-state index contributed by atoms with van der Waals surface area (Å²) >= 11 is 0. The fourth-order valence-corrected chi connectivity index (χ4v) is 9.52. The van der Waals surface area contributed by atoms with Gasteiger partial charge >= 0.3 is 5.97 Å². The van der Waals surface area contributed by atoms with Crippen molar-refractivity contribution in [3.8, 4) is 0 Å². The Morgan fingerprint density at radius 2 is 1.82 bits per heavy atom. The van der Waals surface area contributed by atoms with E-state index in [1.165, 1.54) is 57.8 Å². The molecule has 9 atom stereocenters. The lowest BCUT2D eigenvalue weighted by atomic mass is 9.44. The van der Waals surface area contributed by atoms with Crippen LogP contribution in [0.5, 0.6) is 0 Å². The van der Waals surface area contributed by atoms with Crippen LogP contribution in [0.25, 0.3) is 0 Å². The van der Waals surface area contributed by atoms with Gasteiger partial charge in [-0.05, 0) is 117 Å². The minimum Gasteiger partial charge on any atom is -0.466 e. The SMILES string of the molecule is CCCOC(=O)CC[C@@H](C)[C@H]1CCC2C3CCC4C[C@H](NCCO)CC[C@]4(C)C3CC[C@@]21C. The molecular formula is C29H51NO3. The lowest BCUT2D eigenvalue weighted by molar-refractivity contribution is -0.144. The predicted octanol–water partition coefficient (Wildman–Crippen LogP) is 5.97. The minimum absolute atomic E-state index is 0.00226. The quantitative estimate of drug-likeness (QED) is 0.416. The number of ether oxygens (including phenoxy) is 1. The zero-order valence-corrected chi connectivity index (χ0v) is 21.9. The zero-order valence-electron chi connectivity index (χ0n) is 21.9. The summed E-state index contributed by atoms with van der Waals surface area (Å²) in [5, 5.41) is 12.8. The maximum absolute atomic E-state index is 12.1. The second-order valence-electron chi connectivity index (χ2n) is 12.8. The van der Waals surface area contributed by atoms with Crippen LogP contribution in [0.3, 0.4) is 0 Å². The number of fused-ring (bicyclic) bond motifs is 5. The third-order valence-corrected chi connectivity index (χ3v) is 11.2. The van der Waals surface area contributed by atoms with Crippen LogP contribution < -0.4 is 5.32 Å². The molecule has 0 bridgehead atoms. The lowest BCUT2D eigenvalue weighted by Gasteiger charge is -2.61. The Hall–Kier alpha value is -0.610. The maximum atomic E-state index is 12.1. The van der Waals surface area contributed by atoms with Crippen molar-refractivity contribution in [2.45, 2.75) is 111 Å². The van der Waals surface area contributed by atoms with Crippen molar-refractivity contribution in [3.05, 3.63) is 0 Å². The van der Waals surface area contributed by atoms with Crippen molar-refractivity contribution in [1.29, 1.82) is 0 Å². The third kappa shape index (κ3) is 4.90. The van der Waals surface area contributed by atoms with Crippen LogP contribution in [0.15, 0.2) is 0 Å². The van der Waals surface area contributed by atoms with E-state index in [0.29, 0.717) is 35.8 Å². The molecule has 2 N–H and O–H groups in total. The molecule has 4 heteroatoms. The molecule has 4 nitrogen and oxygen atoms in total. The Kier molecular flexibility index (Phi) is 8.16. The van der Waals surface area contributed by atoms with E-state index in [0.717, 1.165) is 49.0 Å². The summed E-state index contributed by atoms with van der Waals surface area (Å²) in [7, 11) is 0. The van der Waals surface area contributed by atoms with E-state index >= 15 is 0 Å². The topological polar surface area (TPSA) is 58.6 Å². The van der Waals surface area contributed by atoms with Gasteiger partial charge in [-0.1, -0.05) is 27.7 Å². The fraction of sp³-hybridized carbons (Fsp3) is 0.966. The van der Waals surface area contributed by atoms with Gasteiger partial charge in [0, 0.05) is 19.0 Å². The molecule has 4 rings (SSSR count). The Bertz CT molecular complexity index is 667. The lowest BCUT2D eigenvalue weighted by Crippen LogP contribution is -2.55. The van der Waals surface area contributed by atoms with Crippen molar-refractivity contribution in [2.24, 2.45) is 46.3 Å². The van der Waals surface area contributed by atoms with Crippen molar-refractivity contribution in [1.82, 2.24) is 5.32 Å². The van der Waals surface area contributed by atoms with Gasteiger partial charge in [0.05, 0.1) is 13.2 Å². The second-order valence-corrected chi connectivity index (χ2v) is 12.8. The third-order valence-electron chi connectivity index (χ3n) is 11.2. The van der Waals surface area contributed by atoms with E-state index in [2.05, 4.69) is 33.0 Å². The van der Waals surface area contributed by atoms with E-state index in [-0.39, 0.29) is 12.6 Å². The van der Waals surface area contributed by atoms with Gasteiger partial charge in [0.1, 0.15) is 0 Å². The zero-order chi connectivity index (χ0) is 23.6. The van der Waals surface area contributed by atoms with Crippen LogP contribution in [-0.2, 0) is 9.53 Å². The average Bonchev–Trinajstić information content (AvgIpc) is 3.17. The molecule has 190 valence electrons. The maximum Gasteiger partial charge on any atom is 0.305 e. The van der Waals surface area contributed by atoms with Crippen LogP contribution in [0.4, 0.5) is 0 Å². The molecule has 0 amide bonds. The Morgan fingerprint density at radius 3 is 2.58 bits per heavy atom. The van der Waals surface area contributed by atoms with Gasteiger partial charge in [-0.3, -0.25) is 4.79 Å². The highest BCUT2D eigenvalue weighted by molar-refractivity contribution is 5.69. The summed E-state index contributed by atoms with van der Waals surface area (Å²) in [6.07, 6.45) is 14.9. The molecule has 4 fully saturated rings. The van der Waals surface area contributed by atoms with Gasteiger partial charge in [0.25, 0.3) is 0 Å². The molecule has 0 heterocycles. The number of nitrogens with one attached hydrogen (secondary N) is 1. The van der Waals surface area contributed by atoms with E-state index in [1.54, 1.807) is 0 Å². The van der Waals surface area contributed by atoms with Crippen LogP contribution in [-0.4, -0.2) is 36.9 Å². The monoisotopic (exact) mass is 461 g/mol. The summed E-state index contributed by atoms with van der Waals surface area (Å²) in [4.78, 5) is 12.1. The number of aliphatic hydroxyl groups excluding tert-OH is 1. The normalized spacial score (nSPS) is 43.3. The first-order valence-corrected chi connectivity index (χ1v) is 14.3. The Labute approximate surface area is 203 Å². The second kappa shape index (κ2) is 10.6. The highest BCUT2D eigenvalue weighted by Gasteiger charge is 2.60. The van der Waals surface area contributed by atoms with Crippen molar-refractivity contribution >= 4 is 5.97 Å². The standard InChI is InChI=1S/C29H51NO3/c1-5-18-33-27(32)11-6-20(2)24-9-10-25-23-8-7-21-19-22(30-16-17-31)12-14-28(21,3)26(23)13-15-29(24,25)4/h20-26,30-31H,5-19H2,1-4H3/t20-,21?,22-,23?,24-,25?,26?,28+,29-/m1/s1. The van der Waals surface area contributed by atoms with E-state index < -0.39 is 0 Å². The molecule has 0 aromatic rings. The first-order chi connectivity index (χ1) is 15.8. The molecule has 0 spiro atoms. The largest absolute Gasteiger partial charge is 0.466 e. The van der Waals surface area contributed by atoms with E-state index in [9.17, 15) is 9.90 Å². The van der Waals surface area contributed by atoms with E-state index in [1.807, 2.05) is 0 Å². The van der Waals surface area contributed by atoms with Gasteiger partial charge in [-0.15, -0.1) is 0 Å². The summed E-state index contributed by atoms with van der Waals surface area (Å²) in [6, 6.07) is 0.612. The van der Waals surface area contributed by atoms with Gasteiger partial charge in [0.15, 0.2) is 0 Å². The number of hydrogen-bond acceptors (Lipinski definition) is 4. The summed E-state index contributed by atoms with van der Waals surface area (Å²) in [5.41, 5.74) is 0.991. The van der Waals surface area contributed by atoms with Crippen LogP contribution in [0.2, 0.25) is 0 Å². The molecule has 0 aromatic carbocycles. The number of aliphatic hydroxyl groups is 1. The highest BCUT2D eigenvalue weighted by atomic mass is 16.5. The predicted molar refractivity (Wildman–Crippen MR) is 134 cm³/mol. The smallest absolute Gasteiger partial charge is 0.305 e. The van der Waals surface area contributed by atoms with Crippen molar-refractivity contribution < 1.29 is 14.6 Å². The summed E-state index contributed by atoms with van der Waals surface area (Å²) < 4.78 is 5.34. The minimum atomic E-state index is 0.00226. The highest BCUT2D eigenvalue weighted by Crippen LogP contribution is 2.68. The van der Waals surface area contributed by atoms with Crippen LogP contribution in [0, 0.1) is 46.3 Å².